The standard InChI is InChI=1S/C8H7Br2NO/c9-5-8(12)6-2-1-3-7(4-6)11-10/h1-4,11H,5H2. The van der Waals surface area contributed by atoms with Crippen LogP contribution in [0.3, 0.4) is 0 Å². The Morgan fingerprint density at radius 1 is 1.50 bits per heavy atom. The molecule has 0 amide bonds. The number of Topliss-reactive ketones (excluding diaryl/α,β-unsaturated/α-hetero) is 1. The highest BCUT2D eigenvalue weighted by molar-refractivity contribution is 9.10. The van der Waals surface area contributed by atoms with Crippen LogP contribution in [0, 0.1) is 0 Å². The van der Waals surface area contributed by atoms with Crippen molar-refractivity contribution < 1.29 is 4.79 Å². The van der Waals surface area contributed by atoms with E-state index in [0.29, 0.717) is 10.9 Å². The Morgan fingerprint density at radius 3 is 2.83 bits per heavy atom. The van der Waals surface area contributed by atoms with Crippen LogP contribution in [-0.4, -0.2) is 11.1 Å². The number of nitrogens with one attached hydrogen (secondary N) is 1. The van der Waals surface area contributed by atoms with E-state index in [2.05, 4.69) is 36.4 Å². The van der Waals surface area contributed by atoms with Gasteiger partial charge >= 0.3 is 0 Å². The van der Waals surface area contributed by atoms with Crippen molar-refractivity contribution in [3.63, 3.8) is 0 Å². The predicted molar refractivity (Wildman–Crippen MR) is 57.1 cm³/mol. The highest BCUT2D eigenvalue weighted by Gasteiger charge is 2.02. The summed E-state index contributed by atoms with van der Waals surface area (Å²) in [4.78, 5) is 11.2. The summed E-state index contributed by atoms with van der Waals surface area (Å²) in [5.41, 5.74) is 1.58. The van der Waals surface area contributed by atoms with Gasteiger partial charge in [0.15, 0.2) is 5.78 Å². The van der Waals surface area contributed by atoms with Crippen LogP contribution in [0.4, 0.5) is 5.69 Å². The first-order valence-electron chi connectivity index (χ1n) is 3.34. The first kappa shape index (κ1) is 9.74. The lowest BCUT2D eigenvalue weighted by atomic mass is 10.1. The van der Waals surface area contributed by atoms with Gasteiger partial charge in [-0.15, -0.1) is 0 Å². The van der Waals surface area contributed by atoms with Crippen LogP contribution >= 0.6 is 32.1 Å². The maximum atomic E-state index is 11.2. The molecule has 0 spiro atoms. The minimum atomic E-state index is 0.0830. The van der Waals surface area contributed by atoms with Crippen molar-refractivity contribution in [2.75, 3.05) is 9.67 Å². The predicted octanol–water partition coefficient (Wildman–Crippen LogP) is 2.99. The number of rotatable bonds is 3. The Morgan fingerprint density at radius 2 is 2.25 bits per heavy atom. The molecule has 0 aliphatic heterocycles. The number of ketones is 1. The molecular formula is C8H7Br2NO. The van der Waals surface area contributed by atoms with E-state index in [1.165, 1.54) is 0 Å². The Bertz CT molecular complexity index is 288. The van der Waals surface area contributed by atoms with Gasteiger partial charge in [0.25, 0.3) is 0 Å². The van der Waals surface area contributed by atoms with E-state index in [1.54, 1.807) is 12.1 Å². The minimum Gasteiger partial charge on any atom is -0.322 e. The Balaban J connectivity index is 2.93. The molecule has 1 N–H and O–H groups in total. The molecule has 0 fully saturated rings. The van der Waals surface area contributed by atoms with Crippen LogP contribution in [0.25, 0.3) is 0 Å². The van der Waals surface area contributed by atoms with Crippen molar-refractivity contribution in [3.05, 3.63) is 29.8 Å². The summed E-state index contributed by atoms with van der Waals surface area (Å²) in [7, 11) is 0. The van der Waals surface area contributed by atoms with Gasteiger partial charge < -0.3 is 4.34 Å². The van der Waals surface area contributed by atoms with E-state index in [-0.39, 0.29) is 5.78 Å². The number of hydrogen-bond acceptors (Lipinski definition) is 2. The first-order chi connectivity index (χ1) is 5.77. The highest BCUT2D eigenvalue weighted by atomic mass is 79.9. The topological polar surface area (TPSA) is 29.1 Å². The molecule has 0 aliphatic carbocycles. The van der Waals surface area contributed by atoms with Crippen molar-refractivity contribution in [1.29, 1.82) is 0 Å². The van der Waals surface area contributed by atoms with Crippen LogP contribution in [0.5, 0.6) is 0 Å². The maximum absolute atomic E-state index is 11.2. The average molecular weight is 293 g/mol. The summed E-state index contributed by atoms with van der Waals surface area (Å²) in [5.74, 6) is 0.0830. The molecule has 1 aromatic rings. The molecule has 0 radical (unpaired) electrons. The largest absolute Gasteiger partial charge is 0.322 e. The van der Waals surface area contributed by atoms with Crippen molar-refractivity contribution in [2.45, 2.75) is 0 Å². The molecule has 2 nitrogen and oxygen atoms in total. The zero-order valence-corrected chi connectivity index (χ0v) is 9.35. The number of hydrogen-bond donors (Lipinski definition) is 1. The fourth-order valence-electron chi connectivity index (χ4n) is 0.829. The van der Waals surface area contributed by atoms with E-state index >= 15 is 0 Å². The quantitative estimate of drug-likeness (QED) is 0.527. The second-order valence-electron chi connectivity index (χ2n) is 2.23. The van der Waals surface area contributed by atoms with Gasteiger partial charge in [0, 0.05) is 27.4 Å². The smallest absolute Gasteiger partial charge is 0.173 e. The highest BCUT2D eigenvalue weighted by Crippen LogP contribution is 2.12. The molecule has 0 aliphatic rings. The Labute approximate surface area is 87.8 Å². The summed E-state index contributed by atoms with van der Waals surface area (Å²) < 4.78 is 2.79. The number of anilines is 1. The molecule has 0 aromatic heterocycles. The summed E-state index contributed by atoms with van der Waals surface area (Å²) in [6, 6.07) is 7.29. The summed E-state index contributed by atoms with van der Waals surface area (Å²) in [6.07, 6.45) is 0. The number of halogens is 2. The fraction of sp³-hybridized carbons (Fsp3) is 0.125. The van der Waals surface area contributed by atoms with Crippen molar-refractivity contribution in [1.82, 2.24) is 0 Å². The molecule has 1 rings (SSSR count). The maximum Gasteiger partial charge on any atom is 0.173 e. The van der Waals surface area contributed by atoms with E-state index in [4.69, 9.17) is 0 Å². The zero-order valence-electron chi connectivity index (χ0n) is 6.18. The van der Waals surface area contributed by atoms with Gasteiger partial charge in [0.2, 0.25) is 0 Å². The number of carbonyl (C=O) groups excluding carboxylic acids is 1. The van der Waals surface area contributed by atoms with Gasteiger partial charge in [0.05, 0.1) is 5.33 Å². The lowest BCUT2D eigenvalue weighted by molar-refractivity contribution is 0.102. The Kier molecular flexibility index (Phi) is 3.75. The minimum absolute atomic E-state index is 0.0830. The van der Waals surface area contributed by atoms with Crippen LogP contribution in [0.2, 0.25) is 0 Å². The van der Waals surface area contributed by atoms with E-state index < -0.39 is 0 Å². The number of benzene rings is 1. The molecule has 0 bridgehead atoms. The monoisotopic (exact) mass is 291 g/mol. The lowest BCUT2D eigenvalue weighted by Crippen LogP contribution is -1.99. The van der Waals surface area contributed by atoms with E-state index in [9.17, 15) is 4.79 Å². The van der Waals surface area contributed by atoms with Crippen LogP contribution in [-0.2, 0) is 0 Å². The van der Waals surface area contributed by atoms with Crippen LogP contribution < -0.4 is 4.34 Å². The second kappa shape index (κ2) is 4.62. The molecule has 0 saturated carbocycles. The van der Waals surface area contributed by atoms with Gasteiger partial charge in [-0.3, -0.25) is 4.79 Å². The normalized spacial score (nSPS) is 9.50. The molecule has 64 valence electrons. The fourth-order valence-corrected chi connectivity index (χ4v) is 1.40. The van der Waals surface area contributed by atoms with E-state index in [0.717, 1.165) is 5.69 Å². The third-order valence-electron chi connectivity index (χ3n) is 1.42. The van der Waals surface area contributed by atoms with Crippen molar-refractivity contribution >= 4 is 43.5 Å². The summed E-state index contributed by atoms with van der Waals surface area (Å²) in [5, 5.41) is 0.360. The van der Waals surface area contributed by atoms with Gasteiger partial charge in [-0.05, 0) is 12.1 Å². The molecular weight excluding hydrogens is 286 g/mol. The number of carbonyl (C=O) groups is 1. The molecule has 0 atom stereocenters. The summed E-state index contributed by atoms with van der Waals surface area (Å²) in [6.45, 7) is 0. The lowest BCUT2D eigenvalue weighted by Gasteiger charge is -2.00. The molecule has 12 heavy (non-hydrogen) atoms. The third-order valence-corrected chi connectivity index (χ3v) is 2.38. The summed E-state index contributed by atoms with van der Waals surface area (Å²) >= 11 is 6.21. The average Bonchev–Trinajstić information content (AvgIpc) is 2.17. The molecule has 0 heterocycles. The SMILES string of the molecule is O=C(CBr)c1cccc(NBr)c1. The molecule has 0 saturated heterocycles. The Hall–Kier alpha value is -0.350. The molecule has 4 heteroatoms. The van der Waals surface area contributed by atoms with Crippen LogP contribution in [0.15, 0.2) is 24.3 Å². The first-order valence-corrected chi connectivity index (χ1v) is 5.25. The van der Waals surface area contributed by atoms with Gasteiger partial charge in [-0.2, -0.15) is 0 Å². The van der Waals surface area contributed by atoms with Gasteiger partial charge in [-0.1, -0.05) is 28.1 Å². The van der Waals surface area contributed by atoms with Gasteiger partial charge in [0.1, 0.15) is 0 Å². The molecule has 0 unspecified atom stereocenters. The van der Waals surface area contributed by atoms with E-state index in [1.807, 2.05) is 12.1 Å². The van der Waals surface area contributed by atoms with Crippen LogP contribution in [0.1, 0.15) is 10.4 Å². The van der Waals surface area contributed by atoms with Gasteiger partial charge in [-0.25, -0.2) is 0 Å². The van der Waals surface area contributed by atoms with Crippen molar-refractivity contribution in [3.8, 4) is 0 Å². The third kappa shape index (κ3) is 2.32. The zero-order chi connectivity index (χ0) is 8.97. The molecule has 1 aromatic carbocycles. The van der Waals surface area contributed by atoms with Crippen molar-refractivity contribution in [2.24, 2.45) is 0 Å². The second-order valence-corrected chi connectivity index (χ2v) is 3.19. The number of alkyl halides is 1.